The summed E-state index contributed by atoms with van der Waals surface area (Å²) in [7, 11) is 1.54. The van der Waals surface area contributed by atoms with Gasteiger partial charge in [0.15, 0.2) is 0 Å². The first-order valence-corrected chi connectivity index (χ1v) is 12.0. The van der Waals surface area contributed by atoms with Gasteiger partial charge in [-0.2, -0.15) is 0 Å². The molecule has 0 unspecified atom stereocenters. The minimum Gasteiger partial charge on any atom is -0.507 e. The van der Waals surface area contributed by atoms with Gasteiger partial charge in [-0.15, -0.1) is 0 Å². The van der Waals surface area contributed by atoms with Gasteiger partial charge in [0.05, 0.1) is 19.6 Å². The summed E-state index contributed by atoms with van der Waals surface area (Å²) in [5.41, 5.74) is 1.51. The lowest BCUT2D eigenvalue weighted by atomic mass is 9.83. The smallest absolute Gasteiger partial charge is 0.342 e. The number of carbonyl (C=O) groups is 3. The number of hydrogen-bond acceptors (Lipinski definition) is 7. The van der Waals surface area contributed by atoms with E-state index in [9.17, 15) is 19.5 Å². The number of phenols is 1. The molecule has 7 heteroatoms. The average molecular weight is 479 g/mol. The molecule has 2 aliphatic heterocycles. The number of aromatic hydroxyl groups is 1. The molecule has 0 amide bonds. The zero-order chi connectivity index (χ0) is 24.9. The molecule has 2 heterocycles. The highest BCUT2D eigenvalue weighted by Gasteiger charge is 2.36. The van der Waals surface area contributed by atoms with E-state index < -0.39 is 24.0 Å². The van der Waals surface area contributed by atoms with Crippen LogP contribution in [-0.2, 0) is 14.3 Å². The fourth-order valence-corrected chi connectivity index (χ4v) is 4.74. The Balaban J connectivity index is 1.83. The van der Waals surface area contributed by atoms with E-state index in [-0.39, 0.29) is 29.3 Å². The summed E-state index contributed by atoms with van der Waals surface area (Å²) in [6.45, 7) is 1.78. The third-order valence-corrected chi connectivity index (χ3v) is 6.49. The highest BCUT2D eigenvalue weighted by molar-refractivity contribution is 5.98. The third-order valence-electron chi connectivity index (χ3n) is 6.49. The Bertz CT molecular complexity index is 1160. The van der Waals surface area contributed by atoms with Crippen LogP contribution in [-0.4, -0.2) is 36.0 Å². The van der Waals surface area contributed by atoms with Crippen LogP contribution >= 0.6 is 0 Å². The second kappa shape index (κ2) is 10.8. The highest BCUT2D eigenvalue weighted by Crippen LogP contribution is 2.48. The summed E-state index contributed by atoms with van der Waals surface area (Å²) in [6, 6.07) is 8.87. The molecule has 0 aromatic heterocycles. The van der Waals surface area contributed by atoms with Crippen LogP contribution in [0.4, 0.5) is 0 Å². The molecular weight excluding hydrogens is 448 g/mol. The van der Waals surface area contributed by atoms with Crippen LogP contribution in [0.25, 0.3) is 6.08 Å². The number of Topliss-reactive ketones (excluding diaryl/α,β-unsaturated/α-hetero) is 1. The van der Waals surface area contributed by atoms with Crippen molar-refractivity contribution < 1.29 is 33.7 Å². The summed E-state index contributed by atoms with van der Waals surface area (Å²) >= 11 is 0. The Morgan fingerprint density at radius 1 is 1.09 bits per heavy atom. The first kappa shape index (κ1) is 24.5. The number of ether oxygens (including phenoxy) is 3. The molecule has 0 aliphatic carbocycles. The molecule has 7 nitrogen and oxygen atoms in total. The van der Waals surface area contributed by atoms with Crippen molar-refractivity contribution in [3.05, 3.63) is 58.7 Å². The number of rotatable bonds is 2. The van der Waals surface area contributed by atoms with Gasteiger partial charge in [0.1, 0.15) is 28.6 Å². The summed E-state index contributed by atoms with van der Waals surface area (Å²) in [5, 5.41) is 11.4. The predicted octanol–water partition coefficient (Wildman–Crippen LogP) is 5.32. The Morgan fingerprint density at radius 3 is 2.66 bits per heavy atom. The first-order valence-electron chi connectivity index (χ1n) is 12.0. The van der Waals surface area contributed by atoms with Crippen LogP contribution in [0.1, 0.15) is 84.8 Å². The molecule has 0 bridgehead atoms. The van der Waals surface area contributed by atoms with Gasteiger partial charge in [-0.1, -0.05) is 30.4 Å². The van der Waals surface area contributed by atoms with E-state index in [2.05, 4.69) is 0 Å². The van der Waals surface area contributed by atoms with E-state index in [0.29, 0.717) is 61.0 Å². The quantitative estimate of drug-likeness (QED) is 0.460. The van der Waals surface area contributed by atoms with Gasteiger partial charge < -0.3 is 19.3 Å². The maximum atomic E-state index is 13.3. The zero-order valence-corrected chi connectivity index (χ0v) is 20.0. The van der Waals surface area contributed by atoms with Gasteiger partial charge in [0.25, 0.3) is 0 Å². The van der Waals surface area contributed by atoms with Crippen LogP contribution in [0.2, 0.25) is 0 Å². The van der Waals surface area contributed by atoms with E-state index in [1.807, 2.05) is 24.3 Å². The fraction of sp³-hybridized carbons (Fsp3) is 0.393. The normalized spacial score (nSPS) is 21.3. The monoisotopic (exact) mass is 478 g/mol. The number of fused-ring (bicyclic) bond motifs is 2. The molecule has 184 valence electrons. The van der Waals surface area contributed by atoms with Crippen molar-refractivity contribution in [1.29, 1.82) is 0 Å². The van der Waals surface area contributed by atoms with Crippen LogP contribution in [0, 0.1) is 0 Å². The van der Waals surface area contributed by atoms with Crippen molar-refractivity contribution >= 4 is 23.8 Å². The van der Waals surface area contributed by atoms with Crippen molar-refractivity contribution in [3.8, 4) is 17.2 Å². The SMILES string of the molecule is COc1ccccc1[C@@H]1CC(=O)Oc2cc3c(c(O)c21)C(=O)O[C@@H](C)CCCC(=O)CCCC=C3. The maximum absolute atomic E-state index is 13.3. The highest BCUT2D eigenvalue weighted by atomic mass is 16.5. The van der Waals surface area contributed by atoms with Gasteiger partial charge in [-0.05, 0) is 50.3 Å². The number of para-hydroxylation sites is 1. The fourth-order valence-electron chi connectivity index (χ4n) is 4.74. The Morgan fingerprint density at radius 2 is 1.86 bits per heavy atom. The van der Waals surface area contributed by atoms with Gasteiger partial charge in [0.2, 0.25) is 0 Å². The van der Waals surface area contributed by atoms with Crippen LogP contribution in [0.3, 0.4) is 0 Å². The van der Waals surface area contributed by atoms with Gasteiger partial charge in [-0.25, -0.2) is 4.79 Å². The molecule has 0 saturated heterocycles. The lowest BCUT2D eigenvalue weighted by molar-refractivity contribution is -0.135. The number of methoxy groups -OCH3 is 1. The van der Waals surface area contributed by atoms with Gasteiger partial charge >= 0.3 is 11.9 Å². The number of ketones is 1. The van der Waals surface area contributed by atoms with E-state index in [0.717, 1.165) is 0 Å². The standard InChI is InChI=1S/C28H30O7/c1-17-9-8-12-19(29)11-5-3-4-10-18-15-23-26(27(31)25(18)28(32)34-17)21(16-24(30)35-23)20-13-6-7-14-22(20)33-2/h4,6-7,10,13-15,17,21,31H,3,5,8-9,11-12,16H2,1-2H3/t17-,21-/m0/s1. The minimum absolute atomic E-state index is 0.00492. The summed E-state index contributed by atoms with van der Waals surface area (Å²) < 4.78 is 16.7. The number of benzene rings is 2. The lowest BCUT2D eigenvalue weighted by Gasteiger charge is -2.28. The molecule has 1 N–H and O–H groups in total. The number of esters is 2. The van der Waals surface area contributed by atoms with E-state index in [4.69, 9.17) is 14.2 Å². The summed E-state index contributed by atoms with van der Waals surface area (Å²) in [6.07, 6.45) is 6.62. The Kier molecular flexibility index (Phi) is 7.54. The van der Waals surface area contributed by atoms with Crippen LogP contribution in [0.5, 0.6) is 17.2 Å². The molecule has 0 saturated carbocycles. The summed E-state index contributed by atoms with van der Waals surface area (Å²) in [4.78, 5) is 37.8. The molecule has 2 aromatic carbocycles. The van der Waals surface area contributed by atoms with Crippen molar-refractivity contribution in [2.24, 2.45) is 0 Å². The van der Waals surface area contributed by atoms with Crippen LogP contribution < -0.4 is 9.47 Å². The number of allylic oxidation sites excluding steroid dienone is 1. The van der Waals surface area contributed by atoms with Gasteiger partial charge in [-0.3, -0.25) is 9.59 Å². The summed E-state index contributed by atoms with van der Waals surface area (Å²) in [5.74, 6) is -0.927. The second-order valence-corrected chi connectivity index (χ2v) is 9.02. The van der Waals surface area contributed by atoms with E-state index >= 15 is 0 Å². The molecule has 2 atom stereocenters. The Hall–Kier alpha value is -3.61. The molecule has 0 fully saturated rings. The molecule has 0 spiro atoms. The first-order chi connectivity index (χ1) is 16.9. The number of hydrogen-bond donors (Lipinski definition) is 1. The third kappa shape index (κ3) is 5.39. The molecular formula is C28H30O7. The predicted molar refractivity (Wildman–Crippen MR) is 130 cm³/mol. The molecule has 35 heavy (non-hydrogen) atoms. The van der Waals surface area contributed by atoms with E-state index in [1.54, 1.807) is 32.2 Å². The number of cyclic esters (lactones) is 1. The lowest BCUT2D eigenvalue weighted by Crippen LogP contribution is -2.23. The second-order valence-electron chi connectivity index (χ2n) is 9.02. The Labute approximate surface area is 204 Å². The molecule has 2 aromatic rings. The number of carbonyl (C=O) groups excluding carboxylic acids is 3. The van der Waals surface area contributed by atoms with Crippen molar-refractivity contribution in [2.45, 2.75) is 63.9 Å². The number of phenolic OH excluding ortho intramolecular Hbond substituents is 1. The molecule has 4 rings (SSSR count). The molecule has 2 aliphatic rings. The van der Waals surface area contributed by atoms with Crippen LogP contribution in [0.15, 0.2) is 36.4 Å². The van der Waals surface area contributed by atoms with Crippen molar-refractivity contribution in [2.75, 3.05) is 7.11 Å². The van der Waals surface area contributed by atoms with Gasteiger partial charge in [0, 0.05) is 29.9 Å². The maximum Gasteiger partial charge on any atom is 0.342 e. The van der Waals surface area contributed by atoms with E-state index in [1.165, 1.54) is 0 Å². The van der Waals surface area contributed by atoms with Crippen molar-refractivity contribution in [1.82, 2.24) is 0 Å². The topological polar surface area (TPSA) is 99.1 Å². The minimum atomic E-state index is -0.656. The van der Waals surface area contributed by atoms with Crippen molar-refractivity contribution in [3.63, 3.8) is 0 Å². The zero-order valence-electron chi connectivity index (χ0n) is 20.0. The average Bonchev–Trinajstić information content (AvgIpc) is 2.82. The largest absolute Gasteiger partial charge is 0.507 e. The molecule has 0 radical (unpaired) electrons.